The van der Waals surface area contributed by atoms with Crippen molar-refractivity contribution in [1.29, 1.82) is 0 Å². The minimum Gasteiger partial charge on any atom is -0.480 e. The minimum absolute atomic E-state index is 0.0252. The maximum atomic E-state index is 14.1. The van der Waals surface area contributed by atoms with Gasteiger partial charge in [0.05, 0.1) is 0 Å². The fraction of sp³-hybridized carbons (Fsp3) is 0.604. The molecule has 16 nitrogen and oxygen atoms in total. The normalized spacial score (nSPS) is 13.4. The highest BCUT2D eigenvalue weighted by Gasteiger charge is 2.30. The zero-order valence-electron chi connectivity index (χ0n) is 39.6. The molecule has 2 aromatic rings. The molecule has 2 rings (SSSR count). The van der Waals surface area contributed by atoms with Crippen LogP contribution in [0.3, 0.4) is 0 Å². The van der Waals surface area contributed by atoms with Crippen molar-refractivity contribution < 1.29 is 48.1 Å². The van der Waals surface area contributed by atoms with Gasteiger partial charge in [0.1, 0.15) is 35.4 Å². The summed E-state index contributed by atoms with van der Waals surface area (Å²) in [6.45, 7) is 18.2. The summed E-state index contributed by atoms with van der Waals surface area (Å²) in [5.41, 5.74) is 2.12. The van der Waals surface area contributed by atoms with Crippen molar-refractivity contribution in [3.05, 3.63) is 59.7 Å². The largest absolute Gasteiger partial charge is 0.480 e. The SMILES string of the molecule is CCCCc1ccc(-c2ccc(C(=O)N[C@@H](CCCCNC(=O)OC(C)(C)C)C(=O)N[C@@H](CCCCNC(=O)OC(C)(C)C)C(=O)N[C@@H](C)C(=O)N[C@@H](CC(C)C)C(=O)O)cc2)cc1. The first kappa shape index (κ1) is 54.5. The number of aliphatic carboxylic acids is 1. The van der Waals surface area contributed by atoms with Crippen LogP contribution in [0.5, 0.6) is 0 Å². The third-order valence-electron chi connectivity index (χ3n) is 9.76. The molecule has 0 spiro atoms. The maximum Gasteiger partial charge on any atom is 0.407 e. The summed E-state index contributed by atoms with van der Waals surface area (Å²) in [5, 5.41) is 25.7. The quantitative estimate of drug-likeness (QED) is 0.0516. The molecule has 0 fully saturated rings. The van der Waals surface area contributed by atoms with Crippen molar-refractivity contribution in [3.8, 4) is 11.1 Å². The van der Waals surface area contributed by atoms with E-state index in [-0.39, 0.29) is 38.3 Å². The maximum absolute atomic E-state index is 14.1. The number of amides is 6. The lowest BCUT2D eigenvalue weighted by molar-refractivity contribution is -0.142. The topological polar surface area (TPSA) is 230 Å². The molecule has 7 N–H and O–H groups in total. The molecule has 0 aliphatic carbocycles. The predicted octanol–water partition coefficient (Wildman–Crippen LogP) is 6.79. The number of carboxylic acid groups (broad SMARTS) is 1. The number of benzene rings is 2. The first-order chi connectivity index (χ1) is 30.0. The molecule has 0 saturated carbocycles. The smallest absolute Gasteiger partial charge is 0.407 e. The van der Waals surface area contributed by atoms with E-state index < -0.39 is 77.2 Å². The van der Waals surface area contributed by atoms with Crippen LogP contribution in [-0.4, -0.2) is 95.4 Å². The van der Waals surface area contributed by atoms with E-state index in [4.69, 9.17) is 9.47 Å². The van der Waals surface area contributed by atoms with Gasteiger partial charge in [-0.15, -0.1) is 0 Å². The molecule has 0 aliphatic rings. The second-order valence-corrected chi connectivity index (χ2v) is 18.6. The van der Waals surface area contributed by atoms with Gasteiger partial charge in [0.15, 0.2) is 0 Å². The predicted molar refractivity (Wildman–Crippen MR) is 246 cm³/mol. The third-order valence-corrected chi connectivity index (χ3v) is 9.76. The van der Waals surface area contributed by atoms with E-state index in [0.29, 0.717) is 31.2 Å². The molecule has 64 heavy (non-hydrogen) atoms. The van der Waals surface area contributed by atoms with E-state index >= 15 is 0 Å². The van der Waals surface area contributed by atoms with Gasteiger partial charge in [-0.2, -0.15) is 0 Å². The second-order valence-electron chi connectivity index (χ2n) is 18.6. The molecule has 0 bridgehead atoms. The Morgan fingerprint density at radius 1 is 0.578 bits per heavy atom. The lowest BCUT2D eigenvalue weighted by Crippen LogP contribution is -2.57. The minimum atomic E-state index is -1.21. The van der Waals surface area contributed by atoms with Gasteiger partial charge in [0.25, 0.3) is 5.91 Å². The monoisotopic (exact) mass is 895 g/mol. The van der Waals surface area contributed by atoms with Crippen molar-refractivity contribution >= 4 is 41.8 Å². The second kappa shape index (κ2) is 26.8. The van der Waals surface area contributed by atoms with Crippen LogP contribution in [0, 0.1) is 5.92 Å². The number of hydrogen-bond acceptors (Lipinski definition) is 9. The van der Waals surface area contributed by atoms with Crippen molar-refractivity contribution in [2.75, 3.05) is 13.1 Å². The number of carboxylic acids is 1. The van der Waals surface area contributed by atoms with Crippen LogP contribution in [0.1, 0.15) is 143 Å². The van der Waals surface area contributed by atoms with Crippen molar-refractivity contribution in [3.63, 3.8) is 0 Å². The van der Waals surface area contributed by atoms with Gasteiger partial charge < -0.3 is 46.5 Å². The zero-order chi connectivity index (χ0) is 48.0. The number of carbonyl (C=O) groups excluding carboxylic acids is 6. The zero-order valence-corrected chi connectivity index (χ0v) is 39.6. The lowest BCUT2D eigenvalue weighted by Gasteiger charge is -2.25. The Morgan fingerprint density at radius 3 is 1.48 bits per heavy atom. The van der Waals surface area contributed by atoms with Crippen LogP contribution in [0.15, 0.2) is 48.5 Å². The van der Waals surface area contributed by atoms with Gasteiger partial charge in [0.2, 0.25) is 17.7 Å². The van der Waals surface area contributed by atoms with Gasteiger partial charge in [-0.05, 0) is 141 Å². The van der Waals surface area contributed by atoms with Crippen LogP contribution in [0.4, 0.5) is 9.59 Å². The number of carbonyl (C=O) groups is 7. The Morgan fingerprint density at radius 2 is 1.03 bits per heavy atom. The van der Waals surface area contributed by atoms with Crippen LogP contribution in [0.25, 0.3) is 11.1 Å². The molecule has 16 heteroatoms. The number of rotatable bonds is 25. The molecular weight excluding hydrogens is 821 g/mol. The Hall–Kier alpha value is -5.67. The fourth-order valence-electron chi connectivity index (χ4n) is 6.44. The number of alkyl carbamates (subject to hydrolysis) is 2. The van der Waals surface area contributed by atoms with Gasteiger partial charge in [-0.25, -0.2) is 14.4 Å². The van der Waals surface area contributed by atoms with Crippen LogP contribution in [-0.2, 0) is 35.1 Å². The average molecular weight is 895 g/mol. The van der Waals surface area contributed by atoms with E-state index in [1.807, 2.05) is 26.0 Å². The van der Waals surface area contributed by atoms with Gasteiger partial charge >= 0.3 is 18.2 Å². The molecule has 4 atom stereocenters. The Kier molecular flexibility index (Phi) is 22.8. The number of aryl methyl sites for hydroxylation is 1. The summed E-state index contributed by atoms with van der Waals surface area (Å²) >= 11 is 0. The van der Waals surface area contributed by atoms with Gasteiger partial charge in [0, 0.05) is 18.7 Å². The van der Waals surface area contributed by atoms with Crippen LogP contribution in [0.2, 0.25) is 0 Å². The highest BCUT2D eigenvalue weighted by atomic mass is 16.6. The highest BCUT2D eigenvalue weighted by Crippen LogP contribution is 2.21. The van der Waals surface area contributed by atoms with Crippen LogP contribution >= 0.6 is 0 Å². The van der Waals surface area contributed by atoms with E-state index in [1.54, 1.807) is 53.7 Å². The summed E-state index contributed by atoms with van der Waals surface area (Å²) in [6, 6.07) is 10.7. The number of ether oxygens (including phenoxy) is 2. The molecular formula is C48H74N6O10. The first-order valence-electron chi connectivity index (χ1n) is 22.6. The van der Waals surface area contributed by atoms with Crippen LogP contribution < -0.4 is 31.9 Å². The summed E-state index contributed by atoms with van der Waals surface area (Å²) in [5.74, 6) is -3.81. The Labute approximate surface area is 379 Å². The highest BCUT2D eigenvalue weighted by molar-refractivity contribution is 5.99. The summed E-state index contributed by atoms with van der Waals surface area (Å²) in [6.07, 6.45) is 4.08. The molecule has 2 aromatic carbocycles. The van der Waals surface area contributed by atoms with E-state index in [9.17, 15) is 38.7 Å². The summed E-state index contributed by atoms with van der Waals surface area (Å²) in [7, 11) is 0. The number of unbranched alkanes of at least 4 members (excludes halogenated alkanes) is 3. The van der Waals surface area contributed by atoms with Crippen molar-refractivity contribution in [2.45, 2.75) is 169 Å². The Bertz CT molecular complexity index is 1820. The molecule has 0 radical (unpaired) electrons. The van der Waals surface area contributed by atoms with Crippen molar-refractivity contribution in [1.82, 2.24) is 31.9 Å². The third kappa shape index (κ3) is 22.1. The summed E-state index contributed by atoms with van der Waals surface area (Å²) < 4.78 is 10.6. The van der Waals surface area contributed by atoms with Gasteiger partial charge in [-0.3, -0.25) is 19.2 Å². The van der Waals surface area contributed by atoms with Gasteiger partial charge in [-0.1, -0.05) is 63.6 Å². The van der Waals surface area contributed by atoms with E-state index in [1.165, 1.54) is 12.5 Å². The molecule has 0 aromatic heterocycles. The molecule has 0 unspecified atom stereocenters. The number of nitrogens with one attached hydrogen (secondary N) is 6. The standard InChI is InChI=1S/C48H74N6O10/c1-11-12-17-33-20-22-34(23-21-33)35-24-26-36(27-25-35)41(56)52-38(19-14-16-29-50-46(62)64-48(8,9)10)43(58)53-37(18-13-15-28-49-45(61)63-47(5,6)7)42(57)51-32(4)40(55)54-39(44(59)60)30-31(2)3/h20-27,31-32,37-39H,11-19,28-30H2,1-10H3,(H,49,61)(H,50,62)(H,51,57)(H,52,56)(H,53,58)(H,54,55)(H,59,60)/t32-,37-,38-,39-/m0/s1. The van der Waals surface area contributed by atoms with E-state index in [2.05, 4.69) is 63.1 Å². The van der Waals surface area contributed by atoms with E-state index in [0.717, 1.165) is 30.4 Å². The molecule has 0 saturated heterocycles. The molecule has 356 valence electrons. The fourth-order valence-corrected chi connectivity index (χ4v) is 6.44. The lowest BCUT2D eigenvalue weighted by atomic mass is 10.0. The molecule has 6 amide bonds. The molecule has 0 aliphatic heterocycles. The average Bonchev–Trinajstić information content (AvgIpc) is 3.20. The first-order valence-corrected chi connectivity index (χ1v) is 22.6. The summed E-state index contributed by atoms with van der Waals surface area (Å²) in [4.78, 5) is 90.9. The Balaban J connectivity index is 2.30. The molecule has 0 heterocycles. The number of hydrogen-bond donors (Lipinski definition) is 7. The van der Waals surface area contributed by atoms with Crippen molar-refractivity contribution in [2.24, 2.45) is 5.92 Å².